The van der Waals surface area contributed by atoms with Crippen LogP contribution in [-0.2, 0) is 20.7 Å². The number of benzene rings is 2. The van der Waals surface area contributed by atoms with Crippen LogP contribution in [0.2, 0.25) is 0 Å². The lowest BCUT2D eigenvalue weighted by Crippen LogP contribution is -2.46. The van der Waals surface area contributed by atoms with E-state index in [1.165, 1.54) is 5.56 Å². The molecule has 7 heteroatoms. The Labute approximate surface area is 192 Å². The van der Waals surface area contributed by atoms with Gasteiger partial charge in [-0.1, -0.05) is 42.5 Å². The second kappa shape index (κ2) is 7.63. The molecule has 4 heterocycles. The number of hydrogen-bond acceptors (Lipinski definition) is 5. The Hall–Kier alpha value is -3.32. The minimum absolute atomic E-state index is 0.00164. The van der Waals surface area contributed by atoms with Crippen molar-refractivity contribution >= 4 is 17.5 Å². The summed E-state index contributed by atoms with van der Waals surface area (Å²) in [7, 11) is 0. The number of nitrogens with zero attached hydrogens (tertiary/aromatic N) is 1. The fourth-order valence-corrected chi connectivity index (χ4v) is 5.51. The van der Waals surface area contributed by atoms with E-state index < -0.39 is 17.4 Å². The molecule has 2 amide bonds. The van der Waals surface area contributed by atoms with Crippen molar-refractivity contribution in [2.75, 3.05) is 18.2 Å². The van der Waals surface area contributed by atoms with Gasteiger partial charge in [-0.25, -0.2) is 0 Å². The first kappa shape index (κ1) is 20.3. The minimum atomic E-state index is -0.757. The predicted octanol–water partition coefficient (Wildman–Crippen LogP) is 2.84. The molecular weight excluding hydrogens is 420 g/mol. The van der Waals surface area contributed by atoms with Gasteiger partial charge < -0.3 is 24.4 Å². The number of ether oxygens (including phenoxy) is 3. The van der Waals surface area contributed by atoms with Crippen molar-refractivity contribution in [3.05, 3.63) is 66.2 Å². The van der Waals surface area contributed by atoms with Gasteiger partial charge in [-0.2, -0.15) is 0 Å². The van der Waals surface area contributed by atoms with Crippen LogP contribution in [0.15, 0.2) is 60.7 Å². The molecule has 2 fully saturated rings. The van der Waals surface area contributed by atoms with Crippen molar-refractivity contribution in [2.45, 2.75) is 37.5 Å². The van der Waals surface area contributed by atoms with Crippen molar-refractivity contribution < 1.29 is 23.8 Å². The molecule has 0 radical (unpaired) electrons. The Morgan fingerprint density at radius 2 is 2.00 bits per heavy atom. The summed E-state index contributed by atoms with van der Waals surface area (Å²) in [5, 5.41) is 3.14. The van der Waals surface area contributed by atoms with Gasteiger partial charge in [0.2, 0.25) is 18.6 Å². The molecule has 0 saturated carbocycles. The maximum atomic E-state index is 13.5. The van der Waals surface area contributed by atoms with Crippen molar-refractivity contribution in [3.8, 4) is 11.5 Å². The fourth-order valence-electron chi connectivity index (χ4n) is 5.51. The first-order valence-corrected chi connectivity index (χ1v) is 11.5. The van der Waals surface area contributed by atoms with E-state index in [0.29, 0.717) is 18.0 Å². The molecule has 2 aromatic rings. The average Bonchev–Trinajstić information content (AvgIpc) is 3.58. The molecule has 33 heavy (non-hydrogen) atoms. The normalized spacial score (nSPS) is 29.4. The molecule has 1 spiro atoms. The van der Waals surface area contributed by atoms with E-state index in [4.69, 9.17) is 14.2 Å². The molecule has 6 rings (SSSR count). The monoisotopic (exact) mass is 446 g/mol. The van der Waals surface area contributed by atoms with Crippen LogP contribution >= 0.6 is 0 Å². The summed E-state index contributed by atoms with van der Waals surface area (Å²) in [4.78, 5) is 28.6. The number of fused-ring (bicyclic) bond motifs is 2. The van der Waals surface area contributed by atoms with Gasteiger partial charge in [0.15, 0.2) is 11.5 Å². The highest BCUT2D eigenvalue weighted by Gasteiger charge is 2.67. The molecule has 2 saturated heterocycles. The quantitative estimate of drug-likeness (QED) is 0.691. The van der Waals surface area contributed by atoms with Gasteiger partial charge in [-0.15, -0.1) is 0 Å². The predicted molar refractivity (Wildman–Crippen MR) is 121 cm³/mol. The summed E-state index contributed by atoms with van der Waals surface area (Å²) in [5.41, 5.74) is 1.21. The average molecular weight is 447 g/mol. The molecule has 5 atom stereocenters. The van der Waals surface area contributed by atoms with Crippen molar-refractivity contribution in [1.82, 2.24) is 5.32 Å². The van der Waals surface area contributed by atoms with Crippen LogP contribution in [0.1, 0.15) is 18.9 Å². The third-order valence-corrected chi connectivity index (χ3v) is 7.17. The van der Waals surface area contributed by atoms with Gasteiger partial charge in [0.25, 0.3) is 0 Å². The van der Waals surface area contributed by atoms with E-state index >= 15 is 0 Å². The number of anilines is 1. The summed E-state index contributed by atoms with van der Waals surface area (Å²) in [6.07, 6.45) is 5.26. The van der Waals surface area contributed by atoms with E-state index in [2.05, 4.69) is 17.4 Å². The first-order chi connectivity index (χ1) is 16.0. The maximum absolute atomic E-state index is 13.5. The summed E-state index contributed by atoms with van der Waals surface area (Å²) in [6.45, 7) is 2.57. The summed E-state index contributed by atoms with van der Waals surface area (Å²) >= 11 is 0. The molecule has 2 aromatic carbocycles. The van der Waals surface area contributed by atoms with E-state index in [-0.39, 0.29) is 30.8 Å². The zero-order valence-electron chi connectivity index (χ0n) is 18.4. The van der Waals surface area contributed by atoms with Crippen LogP contribution in [0.25, 0.3) is 0 Å². The second-order valence-corrected chi connectivity index (χ2v) is 9.30. The van der Waals surface area contributed by atoms with Crippen LogP contribution in [0.3, 0.4) is 0 Å². The second-order valence-electron chi connectivity index (χ2n) is 9.30. The zero-order chi connectivity index (χ0) is 22.6. The number of nitrogens with one attached hydrogen (secondary N) is 1. The Morgan fingerprint density at radius 1 is 1.18 bits per heavy atom. The lowest BCUT2D eigenvalue weighted by atomic mass is 9.76. The van der Waals surface area contributed by atoms with Crippen molar-refractivity contribution in [3.63, 3.8) is 0 Å². The SMILES string of the molecule is CC(CCc1ccccc1)NC(=O)C1C2C(=O)N(c3ccc4c(c3)OCO4)CC23C=C[C@H]1O3. The Balaban J connectivity index is 1.17. The summed E-state index contributed by atoms with van der Waals surface area (Å²) in [5.74, 6) is 0.0372. The van der Waals surface area contributed by atoms with Gasteiger partial charge >= 0.3 is 0 Å². The first-order valence-electron chi connectivity index (χ1n) is 11.5. The lowest BCUT2D eigenvalue weighted by Gasteiger charge is -2.25. The third kappa shape index (κ3) is 3.30. The van der Waals surface area contributed by atoms with E-state index in [9.17, 15) is 9.59 Å². The number of aryl methyl sites for hydroxylation is 1. The van der Waals surface area contributed by atoms with E-state index in [0.717, 1.165) is 18.5 Å². The van der Waals surface area contributed by atoms with Crippen molar-refractivity contribution in [1.29, 1.82) is 0 Å². The molecular formula is C26H26N2O5. The summed E-state index contributed by atoms with van der Waals surface area (Å²) in [6, 6.07) is 15.7. The number of carbonyl (C=O) groups excluding carboxylic acids is 2. The number of carbonyl (C=O) groups is 2. The zero-order valence-corrected chi connectivity index (χ0v) is 18.4. The van der Waals surface area contributed by atoms with Gasteiger partial charge in [0.05, 0.1) is 24.5 Å². The van der Waals surface area contributed by atoms with E-state index in [1.54, 1.807) is 4.90 Å². The lowest BCUT2D eigenvalue weighted by molar-refractivity contribution is -0.132. The van der Waals surface area contributed by atoms with Gasteiger partial charge in [-0.3, -0.25) is 9.59 Å². The third-order valence-electron chi connectivity index (χ3n) is 7.17. The van der Waals surface area contributed by atoms with Crippen LogP contribution in [0.4, 0.5) is 5.69 Å². The molecule has 0 aromatic heterocycles. The van der Waals surface area contributed by atoms with Crippen LogP contribution in [0, 0.1) is 11.8 Å². The number of amides is 2. The highest BCUT2D eigenvalue weighted by atomic mass is 16.7. The molecule has 0 aliphatic carbocycles. The van der Waals surface area contributed by atoms with Gasteiger partial charge in [0, 0.05) is 17.8 Å². The molecule has 170 valence electrons. The standard InChI is InChI=1S/C26H26N2O5/c1-16(7-8-17-5-3-2-4-6-17)27-24(29)22-20-11-12-26(33-20)14-28(25(30)23(22)26)18-9-10-19-21(13-18)32-15-31-19/h2-6,9-13,16,20,22-23H,7-8,14-15H2,1H3,(H,27,29)/t16?,20-,22?,23?,26?/m1/s1. The smallest absolute Gasteiger partial charge is 0.234 e. The fraction of sp³-hybridized carbons (Fsp3) is 0.385. The molecule has 7 nitrogen and oxygen atoms in total. The summed E-state index contributed by atoms with van der Waals surface area (Å²) < 4.78 is 17.1. The minimum Gasteiger partial charge on any atom is -0.454 e. The molecule has 4 aliphatic heterocycles. The Kier molecular flexibility index (Phi) is 4.69. The number of rotatable bonds is 6. The topological polar surface area (TPSA) is 77.1 Å². The molecule has 1 N–H and O–H groups in total. The Morgan fingerprint density at radius 3 is 2.85 bits per heavy atom. The highest BCUT2D eigenvalue weighted by Crippen LogP contribution is 2.53. The Bertz CT molecular complexity index is 1130. The van der Waals surface area contributed by atoms with Gasteiger partial charge in [0.1, 0.15) is 5.60 Å². The van der Waals surface area contributed by atoms with Gasteiger partial charge in [-0.05, 0) is 37.5 Å². The van der Waals surface area contributed by atoms with Crippen LogP contribution in [0.5, 0.6) is 11.5 Å². The van der Waals surface area contributed by atoms with E-state index in [1.807, 2.05) is 55.5 Å². The highest BCUT2D eigenvalue weighted by molar-refractivity contribution is 6.03. The van der Waals surface area contributed by atoms with Crippen molar-refractivity contribution in [2.24, 2.45) is 11.8 Å². The van der Waals surface area contributed by atoms with Crippen LogP contribution < -0.4 is 19.7 Å². The maximum Gasteiger partial charge on any atom is 0.234 e. The molecule has 4 aliphatic rings. The molecule has 2 bridgehead atoms. The molecule has 4 unspecified atom stereocenters. The van der Waals surface area contributed by atoms with Crippen LogP contribution in [-0.4, -0.2) is 42.9 Å². The number of hydrogen-bond donors (Lipinski definition) is 1. The largest absolute Gasteiger partial charge is 0.454 e.